The lowest BCUT2D eigenvalue weighted by Crippen LogP contribution is -2.02. The molecule has 0 saturated heterocycles. The normalized spacial score (nSPS) is 10.7. The number of ether oxygens (including phenoxy) is 1. The highest BCUT2D eigenvalue weighted by Crippen LogP contribution is 2.22. The second kappa shape index (κ2) is 5.79. The van der Waals surface area contributed by atoms with Gasteiger partial charge in [-0.05, 0) is 42.7 Å². The van der Waals surface area contributed by atoms with Gasteiger partial charge in [0.2, 0.25) is 5.76 Å². The number of esters is 1. The van der Waals surface area contributed by atoms with Gasteiger partial charge in [-0.3, -0.25) is 4.98 Å². The third kappa shape index (κ3) is 2.94. The standard InChI is InChI=1S/C17H15NO3/c1-2-20-17(19)16-10-14-6-5-12(9-15(14)21-16)8-13-4-3-7-18-11-13/h3-7,9-11H,2,8H2,1H3. The first-order chi connectivity index (χ1) is 10.3. The van der Waals surface area contributed by atoms with Gasteiger partial charge in [0, 0.05) is 17.8 Å². The molecular formula is C17H15NO3. The summed E-state index contributed by atoms with van der Waals surface area (Å²) in [5.74, 6) is -0.187. The van der Waals surface area contributed by atoms with E-state index in [4.69, 9.17) is 9.15 Å². The Morgan fingerprint density at radius 2 is 2.14 bits per heavy atom. The molecule has 0 amide bonds. The molecular weight excluding hydrogens is 266 g/mol. The van der Waals surface area contributed by atoms with Crippen molar-refractivity contribution in [2.45, 2.75) is 13.3 Å². The molecule has 0 radical (unpaired) electrons. The van der Waals surface area contributed by atoms with E-state index in [9.17, 15) is 4.79 Å². The molecule has 0 aliphatic heterocycles. The van der Waals surface area contributed by atoms with E-state index in [0.29, 0.717) is 12.2 Å². The second-order valence-electron chi connectivity index (χ2n) is 4.74. The number of furan rings is 1. The van der Waals surface area contributed by atoms with Gasteiger partial charge in [0.15, 0.2) is 0 Å². The number of fused-ring (bicyclic) bond motifs is 1. The molecule has 4 nitrogen and oxygen atoms in total. The van der Waals surface area contributed by atoms with Crippen LogP contribution >= 0.6 is 0 Å². The van der Waals surface area contributed by atoms with Crippen LogP contribution in [0.4, 0.5) is 0 Å². The van der Waals surface area contributed by atoms with Crippen LogP contribution < -0.4 is 0 Å². The Balaban J connectivity index is 1.88. The molecule has 0 atom stereocenters. The molecule has 1 aromatic carbocycles. The maximum atomic E-state index is 11.7. The van der Waals surface area contributed by atoms with Crippen molar-refractivity contribution in [3.8, 4) is 0 Å². The molecule has 2 heterocycles. The van der Waals surface area contributed by atoms with Crippen molar-refractivity contribution in [2.75, 3.05) is 6.61 Å². The van der Waals surface area contributed by atoms with Gasteiger partial charge in [-0.2, -0.15) is 0 Å². The Morgan fingerprint density at radius 1 is 1.24 bits per heavy atom. The van der Waals surface area contributed by atoms with Gasteiger partial charge in [-0.25, -0.2) is 4.79 Å². The zero-order valence-corrected chi connectivity index (χ0v) is 11.7. The Morgan fingerprint density at radius 3 is 2.90 bits per heavy atom. The van der Waals surface area contributed by atoms with Crippen LogP contribution in [0.5, 0.6) is 0 Å². The van der Waals surface area contributed by atoms with Crippen LogP contribution in [0, 0.1) is 0 Å². The van der Waals surface area contributed by atoms with E-state index < -0.39 is 5.97 Å². The van der Waals surface area contributed by atoms with E-state index in [1.165, 1.54) is 0 Å². The predicted molar refractivity (Wildman–Crippen MR) is 79.2 cm³/mol. The van der Waals surface area contributed by atoms with Crippen molar-refractivity contribution < 1.29 is 13.9 Å². The highest BCUT2D eigenvalue weighted by Gasteiger charge is 2.13. The summed E-state index contributed by atoms with van der Waals surface area (Å²) in [6, 6.07) is 11.6. The number of nitrogens with zero attached hydrogens (tertiary/aromatic N) is 1. The summed E-state index contributed by atoms with van der Waals surface area (Å²) < 4.78 is 10.5. The Kier molecular flexibility index (Phi) is 3.69. The van der Waals surface area contributed by atoms with E-state index in [1.807, 2.05) is 36.5 Å². The second-order valence-corrected chi connectivity index (χ2v) is 4.74. The van der Waals surface area contributed by atoms with Gasteiger partial charge < -0.3 is 9.15 Å². The first kappa shape index (κ1) is 13.4. The molecule has 3 rings (SSSR count). The Labute approximate surface area is 122 Å². The largest absolute Gasteiger partial charge is 0.460 e. The number of benzene rings is 1. The molecule has 0 saturated carbocycles. The fourth-order valence-corrected chi connectivity index (χ4v) is 2.23. The predicted octanol–water partition coefficient (Wildman–Crippen LogP) is 3.60. The van der Waals surface area contributed by atoms with Crippen LogP contribution in [-0.4, -0.2) is 17.6 Å². The summed E-state index contributed by atoms with van der Waals surface area (Å²) in [6.07, 6.45) is 4.38. The molecule has 106 valence electrons. The monoisotopic (exact) mass is 281 g/mol. The van der Waals surface area contributed by atoms with Gasteiger partial charge in [0.1, 0.15) is 5.58 Å². The molecule has 0 aliphatic rings. The molecule has 0 spiro atoms. The summed E-state index contributed by atoms with van der Waals surface area (Å²) in [7, 11) is 0. The number of rotatable bonds is 4. The van der Waals surface area contributed by atoms with Crippen LogP contribution in [0.25, 0.3) is 11.0 Å². The quantitative estimate of drug-likeness (QED) is 0.686. The zero-order valence-electron chi connectivity index (χ0n) is 11.7. The molecule has 21 heavy (non-hydrogen) atoms. The summed E-state index contributed by atoms with van der Waals surface area (Å²) in [5, 5.41) is 0.896. The maximum Gasteiger partial charge on any atom is 0.374 e. The highest BCUT2D eigenvalue weighted by atomic mass is 16.5. The molecule has 0 unspecified atom stereocenters. The lowest BCUT2D eigenvalue weighted by atomic mass is 10.1. The third-order valence-corrected chi connectivity index (χ3v) is 3.19. The average Bonchev–Trinajstić information content (AvgIpc) is 2.92. The van der Waals surface area contributed by atoms with E-state index in [2.05, 4.69) is 4.98 Å². The zero-order chi connectivity index (χ0) is 14.7. The number of pyridine rings is 1. The van der Waals surface area contributed by atoms with Crippen LogP contribution in [0.15, 0.2) is 53.2 Å². The molecule has 2 aromatic heterocycles. The van der Waals surface area contributed by atoms with Gasteiger partial charge >= 0.3 is 5.97 Å². The lowest BCUT2D eigenvalue weighted by Gasteiger charge is -2.01. The van der Waals surface area contributed by atoms with Gasteiger partial charge in [-0.1, -0.05) is 18.2 Å². The Bertz CT molecular complexity index is 762. The van der Waals surface area contributed by atoms with Crippen molar-refractivity contribution in [3.05, 3.63) is 65.7 Å². The number of hydrogen-bond donors (Lipinski definition) is 0. The number of aromatic nitrogens is 1. The minimum Gasteiger partial charge on any atom is -0.460 e. The first-order valence-corrected chi connectivity index (χ1v) is 6.85. The third-order valence-electron chi connectivity index (χ3n) is 3.19. The Hall–Kier alpha value is -2.62. The maximum absolute atomic E-state index is 11.7. The van der Waals surface area contributed by atoms with Gasteiger partial charge in [0.25, 0.3) is 0 Å². The fourth-order valence-electron chi connectivity index (χ4n) is 2.23. The van der Waals surface area contributed by atoms with Crippen molar-refractivity contribution in [1.82, 2.24) is 4.98 Å². The molecule has 3 aromatic rings. The van der Waals surface area contributed by atoms with Crippen LogP contribution in [0.3, 0.4) is 0 Å². The number of carbonyl (C=O) groups is 1. The van der Waals surface area contributed by atoms with E-state index in [1.54, 1.807) is 19.2 Å². The van der Waals surface area contributed by atoms with Crippen LogP contribution in [-0.2, 0) is 11.2 Å². The molecule has 0 fully saturated rings. The SMILES string of the molecule is CCOC(=O)c1cc2ccc(Cc3cccnc3)cc2o1. The van der Waals surface area contributed by atoms with Crippen molar-refractivity contribution in [3.63, 3.8) is 0 Å². The van der Waals surface area contributed by atoms with Crippen LogP contribution in [0.2, 0.25) is 0 Å². The minimum absolute atomic E-state index is 0.241. The number of hydrogen-bond acceptors (Lipinski definition) is 4. The summed E-state index contributed by atoms with van der Waals surface area (Å²) >= 11 is 0. The molecule has 0 bridgehead atoms. The summed E-state index contributed by atoms with van der Waals surface area (Å²) in [6.45, 7) is 2.11. The topological polar surface area (TPSA) is 52.3 Å². The fraction of sp³-hybridized carbons (Fsp3) is 0.176. The van der Waals surface area contributed by atoms with Crippen molar-refractivity contribution in [2.24, 2.45) is 0 Å². The van der Waals surface area contributed by atoms with Crippen LogP contribution in [0.1, 0.15) is 28.6 Å². The minimum atomic E-state index is -0.428. The molecule has 0 aliphatic carbocycles. The summed E-state index contributed by atoms with van der Waals surface area (Å²) in [5.41, 5.74) is 2.94. The lowest BCUT2D eigenvalue weighted by molar-refractivity contribution is 0.0492. The molecule has 0 N–H and O–H groups in total. The van der Waals surface area contributed by atoms with Gasteiger partial charge in [-0.15, -0.1) is 0 Å². The average molecular weight is 281 g/mol. The smallest absolute Gasteiger partial charge is 0.374 e. The molecule has 4 heteroatoms. The summed E-state index contributed by atoms with van der Waals surface area (Å²) in [4.78, 5) is 15.8. The van der Waals surface area contributed by atoms with E-state index in [-0.39, 0.29) is 5.76 Å². The van der Waals surface area contributed by atoms with E-state index in [0.717, 1.165) is 22.9 Å². The first-order valence-electron chi connectivity index (χ1n) is 6.85. The van der Waals surface area contributed by atoms with E-state index >= 15 is 0 Å². The number of carbonyl (C=O) groups excluding carboxylic acids is 1. The van der Waals surface area contributed by atoms with Gasteiger partial charge in [0.05, 0.1) is 6.61 Å². The van der Waals surface area contributed by atoms with Crippen molar-refractivity contribution in [1.29, 1.82) is 0 Å². The highest BCUT2D eigenvalue weighted by molar-refractivity contribution is 5.92. The van der Waals surface area contributed by atoms with Crippen molar-refractivity contribution >= 4 is 16.9 Å².